The Hall–Kier alpha value is -3.03. The lowest BCUT2D eigenvalue weighted by molar-refractivity contribution is 0.165. The Morgan fingerprint density at radius 3 is 2.62 bits per heavy atom. The van der Waals surface area contributed by atoms with Gasteiger partial charge in [0.2, 0.25) is 0 Å². The number of hydrogen-bond acceptors (Lipinski definition) is 5. The smallest absolute Gasteiger partial charge is 0.319 e. The fraction of sp³-hybridized carbons (Fsp3) is 0.333. The zero-order valence-corrected chi connectivity index (χ0v) is 18.9. The number of aromatic nitrogens is 1. The summed E-state index contributed by atoms with van der Waals surface area (Å²) in [5.74, 6) is 1.74. The second-order valence-electron chi connectivity index (χ2n) is 8.04. The van der Waals surface area contributed by atoms with Crippen molar-refractivity contribution in [2.45, 2.75) is 31.8 Å². The molecule has 2 aromatic carbocycles. The van der Waals surface area contributed by atoms with Crippen LogP contribution in [0, 0.1) is 6.92 Å². The van der Waals surface area contributed by atoms with Gasteiger partial charge in [0.1, 0.15) is 11.5 Å². The van der Waals surface area contributed by atoms with E-state index in [1.165, 1.54) is 0 Å². The minimum Gasteiger partial charge on any atom is -0.497 e. The van der Waals surface area contributed by atoms with Crippen LogP contribution in [-0.2, 0) is 6.54 Å². The van der Waals surface area contributed by atoms with Crippen LogP contribution in [0.15, 0.2) is 59.1 Å². The molecule has 2 amide bonds. The maximum Gasteiger partial charge on any atom is 0.319 e. The van der Waals surface area contributed by atoms with Gasteiger partial charge in [-0.1, -0.05) is 28.9 Å². The molecule has 1 aliphatic heterocycles. The molecule has 1 aromatic heterocycles. The lowest BCUT2D eigenvalue weighted by Gasteiger charge is -2.39. The zero-order valence-electron chi connectivity index (χ0n) is 18.2. The number of amides is 2. The maximum absolute atomic E-state index is 12.7. The monoisotopic (exact) mass is 454 g/mol. The summed E-state index contributed by atoms with van der Waals surface area (Å²) in [6, 6.07) is 16.9. The van der Waals surface area contributed by atoms with Crippen molar-refractivity contribution in [3.63, 3.8) is 0 Å². The summed E-state index contributed by atoms with van der Waals surface area (Å²) in [4.78, 5) is 15.1. The number of nitrogens with zero attached hydrogens (tertiary/aromatic N) is 2. The molecule has 1 aliphatic rings. The van der Waals surface area contributed by atoms with Crippen molar-refractivity contribution in [1.29, 1.82) is 0 Å². The van der Waals surface area contributed by atoms with Crippen LogP contribution >= 0.6 is 11.6 Å². The second kappa shape index (κ2) is 10.1. The van der Waals surface area contributed by atoms with E-state index < -0.39 is 0 Å². The predicted molar refractivity (Wildman–Crippen MR) is 124 cm³/mol. The molecular weight excluding hydrogens is 428 g/mol. The predicted octanol–water partition coefficient (Wildman–Crippen LogP) is 4.82. The van der Waals surface area contributed by atoms with Crippen molar-refractivity contribution < 1.29 is 14.1 Å². The number of nitrogens with one attached hydrogen (secondary N) is 2. The molecule has 3 aromatic rings. The van der Waals surface area contributed by atoms with Crippen molar-refractivity contribution in [2.24, 2.45) is 0 Å². The van der Waals surface area contributed by atoms with Crippen molar-refractivity contribution in [1.82, 2.24) is 15.4 Å². The summed E-state index contributed by atoms with van der Waals surface area (Å²) in [5.41, 5.74) is 2.78. The second-order valence-corrected chi connectivity index (χ2v) is 8.48. The van der Waals surface area contributed by atoms with Gasteiger partial charge in [0.05, 0.1) is 12.8 Å². The van der Waals surface area contributed by atoms with Gasteiger partial charge in [-0.3, -0.25) is 4.90 Å². The minimum absolute atomic E-state index is 0.00834. The average Bonchev–Trinajstić information content (AvgIpc) is 3.21. The van der Waals surface area contributed by atoms with E-state index in [9.17, 15) is 4.79 Å². The summed E-state index contributed by atoms with van der Waals surface area (Å²) < 4.78 is 10.5. The highest BCUT2D eigenvalue weighted by Crippen LogP contribution is 2.30. The molecule has 0 bridgehead atoms. The molecule has 8 heteroatoms. The molecule has 0 radical (unpaired) electrons. The Bertz CT molecular complexity index is 1040. The first kappa shape index (κ1) is 22.2. The zero-order chi connectivity index (χ0) is 22.5. The van der Waals surface area contributed by atoms with E-state index in [0.29, 0.717) is 17.3 Å². The van der Waals surface area contributed by atoms with Gasteiger partial charge >= 0.3 is 6.03 Å². The number of benzene rings is 2. The van der Waals surface area contributed by atoms with Crippen LogP contribution in [0.1, 0.15) is 29.4 Å². The molecule has 32 heavy (non-hydrogen) atoms. The molecule has 1 fully saturated rings. The number of piperidine rings is 1. The number of aryl methyl sites for hydroxylation is 1. The fourth-order valence-electron chi connectivity index (χ4n) is 4.12. The molecule has 0 aliphatic carbocycles. The Balaban J connectivity index is 1.47. The third-order valence-corrected chi connectivity index (χ3v) is 5.97. The first-order valence-electron chi connectivity index (χ1n) is 10.6. The van der Waals surface area contributed by atoms with Crippen molar-refractivity contribution in [3.05, 3.63) is 76.6 Å². The summed E-state index contributed by atoms with van der Waals surface area (Å²) in [7, 11) is 1.66. The number of anilines is 1. The fourth-order valence-corrected chi connectivity index (χ4v) is 4.24. The largest absolute Gasteiger partial charge is 0.497 e. The molecule has 0 saturated carbocycles. The number of carbonyl (C=O) groups is 1. The van der Waals surface area contributed by atoms with E-state index >= 15 is 0 Å². The molecular formula is C24H27ClN4O3. The normalized spacial score (nSPS) is 18.8. The lowest BCUT2D eigenvalue weighted by atomic mass is 9.86. The van der Waals surface area contributed by atoms with Crippen molar-refractivity contribution >= 4 is 23.3 Å². The van der Waals surface area contributed by atoms with Crippen LogP contribution in [0.4, 0.5) is 10.5 Å². The Kier molecular flexibility index (Phi) is 6.97. The average molecular weight is 455 g/mol. The number of rotatable bonds is 6. The molecule has 2 atom stereocenters. The maximum atomic E-state index is 12.7. The third kappa shape index (κ3) is 5.60. The molecule has 4 rings (SSSR count). The Morgan fingerprint density at radius 2 is 1.97 bits per heavy atom. The molecule has 0 spiro atoms. The molecule has 2 heterocycles. The number of carbonyl (C=O) groups excluding carboxylic acids is 1. The van der Waals surface area contributed by atoms with Gasteiger partial charge in [-0.15, -0.1) is 0 Å². The SMILES string of the molecule is COc1ccc(C2CN(Cc3cc(C)on3)CCC2NC(=O)Nc2ccc(Cl)cc2)cc1. The number of likely N-dealkylation sites (tertiary alicyclic amines) is 1. The first-order chi connectivity index (χ1) is 15.5. The van der Waals surface area contributed by atoms with Gasteiger partial charge in [-0.25, -0.2) is 4.79 Å². The van der Waals surface area contributed by atoms with Gasteiger partial charge in [0.25, 0.3) is 0 Å². The van der Waals surface area contributed by atoms with E-state index in [-0.39, 0.29) is 18.0 Å². The van der Waals surface area contributed by atoms with Crippen LogP contribution in [0.3, 0.4) is 0 Å². The van der Waals surface area contributed by atoms with Gasteiger partial charge < -0.3 is 19.9 Å². The van der Waals surface area contributed by atoms with Crippen molar-refractivity contribution in [2.75, 3.05) is 25.5 Å². The van der Waals surface area contributed by atoms with Crippen LogP contribution in [0.2, 0.25) is 5.02 Å². The van der Waals surface area contributed by atoms with Gasteiger partial charge in [0, 0.05) is 48.4 Å². The third-order valence-electron chi connectivity index (χ3n) is 5.72. The Morgan fingerprint density at radius 1 is 1.22 bits per heavy atom. The lowest BCUT2D eigenvalue weighted by Crippen LogP contribution is -2.50. The minimum atomic E-state index is -0.226. The van der Waals surface area contributed by atoms with Crippen LogP contribution < -0.4 is 15.4 Å². The highest BCUT2D eigenvalue weighted by molar-refractivity contribution is 6.30. The number of halogens is 1. The summed E-state index contributed by atoms with van der Waals surface area (Å²) >= 11 is 5.93. The highest BCUT2D eigenvalue weighted by Gasteiger charge is 2.32. The summed E-state index contributed by atoms with van der Waals surface area (Å²) in [5, 5.41) is 10.8. The van der Waals surface area contributed by atoms with E-state index in [1.54, 1.807) is 31.4 Å². The highest BCUT2D eigenvalue weighted by atomic mass is 35.5. The molecule has 1 saturated heterocycles. The quantitative estimate of drug-likeness (QED) is 0.558. The number of ether oxygens (including phenoxy) is 1. The number of hydrogen-bond donors (Lipinski definition) is 2. The van der Waals surface area contributed by atoms with E-state index in [0.717, 1.165) is 42.3 Å². The van der Waals surface area contributed by atoms with E-state index in [2.05, 4.69) is 32.8 Å². The van der Waals surface area contributed by atoms with Crippen molar-refractivity contribution in [3.8, 4) is 5.75 Å². The Labute approximate surface area is 192 Å². The van der Waals surface area contributed by atoms with Gasteiger partial charge in [-0.05, 0) is 55.3 Å². The topological polar surface area (TPSA) is 79.6 Å². The standard InChI is InChI=1S/C24H27ClN4O3/c1-16-13-20(28-32-16)14-29-12-11-23(22(15-29)17-3-9-21(31-2)10-4-17)27-24(30)26-19-7-5-18(25)6-8-19/h3-10,13,22-23H,11-12,14-15H2,1-2H3,(H2,26,27,30). The van der Waals surface area contributed by atoms with Crippen LogP contribution in [0.5, 0.6) is 5.75 Å². The molecule has 168 valence electrons. The first-order valence-corrected chi connectivity index (χ1v) is 11.0. The summed E-state index contributed by atoms with van der Waals surface area (Å²) in [6.45, 7) is 4.26. The van der Waals surface area contributed by atoms with Crippen LogP contribution in [0.25, 0.3) is 0 Å². The van der Waals surface area contributed by atoms with E-state index in [1.807, 2.05) is 25.1 Å². The molecule has 2 N–H and O–H groups in total. The summed E-state index contributed by atoms with van der Waals surface area (Å²) in [6.07, 6.45) is 0.821. The number of urea groups is 1. The van der Waals surface area contributed by atoms with Gasteiger partial charge in [-0.2, -0.15) is 0 Å². The molecule has 7 nitrogen and oxygen atoms in total. The molecule has 2 unspecified atom stereocenters. The number of methoxy groups -OCH3 is 1. The van der Waals surface area contributed by atoms with Gasteiger partial charge in [0.15, 0.2) is 0 Å². The van der Waals surface area contributed by atoms with Crippen LogP contribution in [-0.4, -0.2) is 42.3 Å². The van der Waals surface area contributed by atoms with E-state index in [4.69, 9.17) is 20.9 Å².